The number of rotatable bonds is 4. The highest BCUT2D eigenvalue weighted by atomic mass is 19.2. The van der Waals surface area contributed by atoms with E-state index in [2.05, 4.69) is 20.5 Å². The topological polar surface area (TPSA) is 70.7 Å². The monoisotopic (exact) mass is 332 g/mol. The summed E-state index contributed by atoms with van der Waals surface area (Å²) < 4.78 is 39.2. The molecule has 0 spiro atoms. The molecule has 0 radical (unpaired) electrons. The van der Waals surface area contributed by atoms with Gasteiger partial charge in [-0.3, -0.25) is 9.89 Å². The number of hydrogen-bond donors (Lipinski definition) is 2. The van der Waals surface area contributed by atoms with Crippen LogP contribution in [0.2, 0.25) is 0 Å². The first-order chi connectivity index (χ1) is 11.5. The summed E-state index contributed by atoms with van der Waals surface area (Å²) in [6.07, 6.45) is 1.35. The molecule has 0 unspecified atom stereocenters. The normalized spacial score (nSPS) is 10.6. The molecule has 0 saturated carbocycles. The zero-order valence-electron chi connectivity index (χ0n) is 12.2. The molecular weight excluding hydrogens is 321 g/mol. The van der Waals surface area contributed by atoms with Crippen LogP contribution in [0.25, 0.3) is 11.4 Å². The van der Waals surface area contributed by atoms with Gasteiger partial charge in [-0.2, -0.15) is 5.10 Å². The molecule has 3 aromatic rings. The Hall–Kier alpha value is -3.16. The Balaban J connectivity index is 1.73. The van der Waals surface area contributed by atoms with Crippen molar-refractivity contribution in [3.63, 3.8) is 0 Å². The maximum Gasteiger partial charge on any atom is 0.251 e. The van der Waals surface area contributed by atoms with E-state index < -0.39 is 23.4 Å². The van der Waals surface area contributed by atoms with E-state index in [-0.39, 0.29) is 12.1 Å². The number of benzene rings is 2. The molecule has 0 aliphatic heterocycles. The molecule has 0 aliphatic rings. The van der Waals surface area contributed by atoms with Gasteiger partial charge in [0.05, 0.1) is 0 Å². The molecule has 8 heteroatoms. The van der Waals surface area contributed by atoms with Crippen LogP contribution in [0.3, 0.4) is 0 Å². The Morgan fingerprint density at radius 3 is 2.54 bits per heavy atom. The van der Waals surface area contributed by atoms with Gasteiger partial charge in [0.2, 0.25) is 0 Å². The van der Waals surface area contributed by atoms with Gasteiger partial charge >= 0.3 is 0 Å². The molecule has 0 aliphatic carbocycles. The second-order valence-electron chi connectivity index (χ2n) is 4.97. The van der Waals surface area contributed by atoms with E-state index in [9.17, 15) is 18.0 Å². The first kappa shape index (κ1) is 15.7. The van der Waals surface area contributed by atoms with Gasteiger partial charge in [0.1, 0.15) is 6.33 Å². The van der Waals surface area contributed by atoms with Crippen LogP contribution in [-0.2, 0) is 6.54 Å². The summed E-state index contributed by atoms with van der Waals surface area (Å²) in [6, 6.07) is 8.28. The van der Waals surface area contributed by atoms with Crippen molar-refractivity contribution < 1.29 is 18.0 Å². The molecule has 1 heterocycles. The Labute approximate surface area is 134 Å². The average molecular weight is 332 g/mol. The van der Waals surface area contributed by atoms with Crippen molar-refractivity contribution in [2.75, 3.05) is 0 Å². The molecule has 5 nitrogen and oxygen atoms in total. The predicted molar refractivity (Wildman–Crippen MR) is 79.3 cm³/mol. The number of nitrogens with zero attached hydrogens (tertiary/aromatic N) is 2. The van der Waals surface area contributed by atoms with Crippen molar-refractivity contribution in [2.45, 2.75) is 6.54 Å². The van der Waals surface area contributed by atoms with Gasteiger partial charge in [-0.25, -0.2) is 18.2 Å². The number of carbonyl (C=O) groups excluding carboxylic acids is 1. The fourth-order valence-electron chi connectivity index (χ4n) is 2.15. The lowest BCUT2D eigenvalue weighted by molar-refractivity contribution is 0.0951. The van der Waals surface area contributed by atoms with Crippen LogP contribution in [0.15, 0.2) is 42.7 Å². The maximum absolute atomic E-state index is 13.2. The molecule has 0 atom stereocenters. The highest BCUT2D eigenvalue weighted by molar-refractivity contribution is 5.95. The average Bonchev–Trinajstić information content (AvgIpc) is 3.12. The minimum absolute atomic E-state index is 0.117. The van der Waals surface area contributed by atoms with Crippen LogP contribution in [0.4, 0.5) is 13.2 Å². The highest BCUT2D eigenvalue weighted by Gasteiger charge is 2.12. The summed E-state index contributed by atoms with van der Waals surface area (Å²) in [5.41, 5.74) is 1.12. The fourth-order valence-corrected chi connectivity index (χ4v) is 2.15. The number of aromatic nitrogens is 3. The van der Waals surface area contributed by atoms with Crippen LogP contribution in [0.5, 0.6) is 0 Å². The molecule has 0 bridgehead atoms. The van der Waals surface area contributed by atoms with Gasteiger partial charge in [0.15, 0.2) is 23.3 Å². The van der Waals surface area contributed by atoms with Crippen molar-refractivity contribution in [3.8, 4) is 11.4 Å². The molecule has 2 aromatic carbocycles. The summed E-state index contributed by atoms with van der Waals surface area (Å²) in [5, 5.41) is 8.94. The SMILES string of the molecule is O=C(NCc1cc(F)c(F)c(F)c1)c1cccc(-c2ncn[nH]2)c1. The molecule has 1 aromatic heterocycles. The van der Waals surface area contributed by atoms with Crippen LogP contribution in [0, 0.1) is 17.5 Å². The van der Waals surface area contributed by atoms with Crippen LogP contribution in [-0.4, -0.2) is 21.1 Å². The smallest absolute Gasteiger partial charge is 0.251 e. The molecule has 0 saturated heterocycles. The van der Waals surface area contributed by atoms with Gasteiger partial charge in [0.25, 0.3) is 5.91 Å². The van der Waals surface area contributed by atoms with Crippen LogP contribution >= 0.6 is 0 Å². The summed E-state index contributed by atoms with van der Waals surface area (Å²) in [7, 11) is 0. The standard InChI is InChI=1S/C16H11F3N4O/c17-12-4-9(5-13(18)14(12)19)7-20-16(24)11-3-1-2-10(6-11)15-21-8-22-23-15/h1-6,8H,7H2,(H,20,24)(H,21,22,23). The number of aromatic amines is 1. The number of halogens is 3. The van der Waals surface area contributed by atoms with E-state index in [0.29, 0.717) is 17.0 Å². The quantitative estimate of drug-likeness (QED) is 0.722. The second-order valence-corrected chi connectivity index (χ2v) is 4.97. The first-order valence-corrected chi connectivity index (χ1v) is 6.92. The third-order valence-electron chi connectivity index (χ3n) is 3.31. The predicted octanol–water partition coefficient (Wildman–Crippen LogP) is 2.82. The van der Waals surface area contributed by atoms with Crippen LogP contribution in [0.1, 0.15) is 15.9 Å². The molecule has 24 heavy (non-hydrogen) atoms. The summed E-state index contributed by atoms with van der Waals surface area (Å²) in [6.45, 7) is -0.139. The number of amides is 1. The van der Waals surface area contributed by atoms with E-state index in [4.69, 9.17) is 0 Å². The van der Waals surface area contributed by atoms with Gasteiger partial charge in [-0.05, 0) is 29.8 Å². The number of hydrogen-bond acceptors (Lipinski definition) is 3. The number of nitrogens with one attached hydrogen (secondary N) is 2. The Morgan fingerprint density at radius 2 is 1.88 bits per heavy atom. The largest absolute Gasteiger partial charge is 0.348 e. The van der Waals surface area contributed by atoms with Crippen molar-refractivity contribution in [2.24, 2.45) is 0 Å². The summed E-state index contributed by atoms with van der Waals surface area (Å²) in [5.74, 6) is -4.07. The van der Waals surface area contributed by atoms with E-state index in [1.54, 1.807) is 24.3 Å². The molecule has 122 valence electrons. The fraction of sp³-hybridized carbons (Fsp3) is 0.0625. The van der Waals surface area contributed by atoms with Gasteiger partial charge in [0, 0.05) is 17.7 Å². The van der Waals surface area contributed by atoms with E-state index in [0.717, 1.165) is 12.1 Å². The van der Waals surface area contributed by atoms with Crippen LogP contribution < -0.4 is 5.32 Å². The lowest BCUT2D eigenvalue weighted by atomic mass is 10.1. The van der Waals surface area contributed by atoms with Gasteiger partial charge in [-0.1, -0.05) is 12.1 Å². The minimum Gasteiger partial charge on any atom is -0.348 e. The summed E-state index contributed by atoms with van der Waals surface area (Å²) >= 11 is 0. The molecular formula is C16H11F3N4O. The molecule has 0 fully saturated rings. The first-order valence-electron chi connectivity index (χ1n) is 6.92. The van der Waals surface area contributed by atoms with Crippen molar-refractivity contribution >= 4 is 5.91 Å². The zero-order chi connectivity index (χ0) is 17.1. The van der Waals surface area contributed by atoms with Crippen molar-refractivity contribution in [3.05, 3.63) is 71.3 Å². The highest BCUT2D eigenvalue weighted by Crippen LogP contribution is 2.16. The number of carbonyl (C=O) groups is 1. The molecule has 2 N–H and O–H groups in total. The van der Waals surface area contributed by atoms with Crippen molar-refractivity contribution in [1.82, 2.24) is 20.5 Å². The Bertz CT molecular complexity index is 858. The zero-order valence-corrected chi connectivity index (χ0v) is 12.2. The van der Waals surface area contributed by atoms with Crippen molar-refractivity contribution in [1.29, 1.82) is 0 Å². The second kappa shape index (κ2) is 6.53. The van der Waals surface area contributed by atoms with Gasteiger partial charge < -0.3 is 5.32 Å². The third-order valence-corrected chi connectivity index (χ3v) is 3.31. The molecule has 1 amide bonds. The van der Waals surface area contributed by atoms with E-state index >= 15 is 0 Å². The maximum atomic E-state index is 13.2. The Kier molecular flexibility index (Phi) is 4.28. The summed E-state index contributed by atoms with van der Waals surface area (Å²) in [4.78, 5) is 16.1. The van der Waals surface area contributed by atoms with E-state index in [1.807, 2.05) is 0 Å². The lowest BCUT2D eigenvalue weighted by Gasteiger charge is -2.07. The Morgan fingerprint density at radius 1 is 1.12 bits per heavy atom. The number of H-pyrrole nitrogens is 1. The van der Waals surface area contributed by atoms with E-state index in [1.165, 1.54) is 6.33 Å². The van der Waals surface area contributed by atoms with Gasteiger partial charge in [-0.15, -0.1) is 0 Å². The molecule has 3 rings (SSSR count). The lowest BCUT2D eigenvalue weighted by Crippen LogP contribution is -2.23. The third kappa shape index (κ3) is 3.27. The minimum atomic E-state index is -1.54.